The summed E-state index contributed by atoms with van der Waals surface area (Å²) in [4.78, 5) is 24.4. The monoisotopic (exact) mass is 272 g/mol. The number of hydrogen-bond donors (Lipinski definition) is 1. The molecule has 3 heterocycles. The maximum absolute atomic E-state index is 12.1. The number of carbonyl (C=O) groups is 1. The highest BCUT2D eigenvalue weighted by Gasteiger charge is 2.24. The van der Waals surface area contributed by atoms with Gasteiger partial charge in [0, 0.05) is 32.4 Å². The van der Waals surface area contributed by atoms with Gasteiger partial charge in [-0.15, -0.1) is 0 Å². The molecule has 2 aromatic heterocycles. The Balaban J connectivity index is 1.65. The number of amides is 1. The summed E-state index contributed by atoms with van der Waals surface area (Å²) in [6.07, 6.45) is 3.15. The maximum Gasteiger partial charge on any atom is 0.291 e. The molecule has 0 radical (unpaired) electrons. The average molecular weight is 272 g/mol. The van der Waals surface area contributed by atoms with Gasteiger partial charge in [-0.25, -0.2) is 9.97 Å². The molecule has 0 aromatic carbocycles. The Kier molecular flexibility index (Phi) is 3.32. The molecule has 0 spiro atoms. The first kappa shape index (κ1) is 12.6. The Morgan fingerprint density at radius 3 is 2.70 bits per heavy atom. The van der Waals surface area contributed by atoms with Crippen molar-refractivity contribution in [2.24, 2.45) is 0 Å². The molecule has 0 unspecified atom stereocenters. The molecule has 1 aliphatic heterocycles. The van der Waals surface area contributed by atoms with E-state index in [1.807, 2.05) is 19.1 Å². The van der Waals surface area contributed by atoms with E-state index < -0.39 is 0 Å². The summed E-state index contributed by atoms with van der Waals surface area (Å²) in [5.41, 5.74) is 1.16. The van der Waals surface area contributed by atoms with E-state index in [0.717, 1.165) is 24.5 Å². The van der Waals surface area contributed by atoms with Crippen molar-refractivity contribution in [2.45, 2.75) is 6.92 Å². The first-order chi connectivity index (χ1) is 9.75. The fourth-order valence-corrected chi connectivity index (χ4v) is 2.39. The largest absolute Gasteiger partial charge is 0.353 e. The van der Waals surface area contributed by atoms with E-state index in [2.05, 4.69) is 25.1 Å². The molecule has 3 rings (SSSR count). The highest BCUT2D eigenvalue weighted by molar-refractivity contribution is 5.90. The van der Waals surface area contributed by atoms with Gasteiger partial charge in [0.2, 0.25) is 5.82 Å². The minimum Gasteiger partial charge on any atom is -0.353 e. The summed E-state index contributed by atoms with van der Waals surface area (Å²) in [5.74, 6) is 1.20. The van der Waals surface area contributed by atoms with E-state index in [0.29, 0.717) is 18.9 Å². The van der Waals surface area contributed by atoms with Gasteiger partial charge in [-0.3, -0.25) is 9.89 Å². The molecule has 1 amide bonds. The normalized spacial score (nSPS) is 15.4. The molecule has 1 fully saturated rings. The van der Waals surface area contributed by atoms with E-state index in [-0.39, 0.29) is 5.91 Å². The van der Waals surface area contributed by atoms with Crippen LogP contribution in [0.25, 0.3) is 0 Å². The topological polar surface area (TPSA) is 78.0 Å². The van der Waals surface area contributed by atoms with Crippen molar-refractivity contribution >= 4 is 11.7 Å². The number of aromatic amines is 1. The van der Waals surface area contributed by atoms with Crippen molar-refractivity contribution < 1.29 is 4.79 Å². The van der Waals surface area contributed by atoms with Crippen molar-refractivity contribution in [1.82, 2.24) is 25.1 Å². The number of nitrogens with one attached hydrogen (secondary N) is 1. The van der Waals surface area contributed by atoms with Gasteiger partial charge in [-0.05, 0) is 18.6 Å². The first-order valence-electron chi connectivity index (χ1n) is 6.57. The van der Waals surface area contributed by atoms with Crippen molar-refractivity contribution in [3.05, 3.63) is 36.0 Å². The van der Waals surface area contributed by atoms with Crippen molar-refractivity contribution in [3.63, 3.8) is 0 Å². The van der Waals surface area contributed by atoms with Crippen molar-refractivity contribution in [2.75, 3.05) is 31.1 Å². The number of H-pyrrole nitrogens is 1. The number of rotatable bonds is 2. The fraction of sp³-hybridized carbons (Fsp3) is 0.385. The molecule has 2 aromatic rings. The van der Waals surface area contributed by atoms with Gasteiger partial charge in [-0.2, -0.15) is 5.10 Å². The van der Waals surface area contributed by atoms with E-state index in [9.17, 15) is 4.79 Å². The highest BCUT2D eigenvalue weighted by Crippen LogP contribution is 2.18. The van der Waals surface area contributed by atoms with Gasteiger partial charge < -0.3 is 9.80 Å². The van der Waals surface area contributed by atoms with Crippen molar-refractivity contribution in [3.8, 4) is 0 Å². The third-order valence-corrected chi connectivity index (χ3v) is 3.47. The Morgan fingerprint density at radius 2 is 2.05 bits per heavy atom. The van der Waals surface area contributed by atoms with Gasteiger partial charge in [-0.1, -0.05) is 6.07 Å². The third-order valence-electron chi connectivity index (χ3n) is 3.47. The average Bonchev–Trinajstić information content (AvgIpc) is 3.01. The molecule has 7 heteroatoms. The molecule has 0 saturated carbocycles. The van der Waals surface area contributed by atoms with Crippen molar-refractivity contribution in [1.29, 1.82) is 0 Å². The van der Waals surface area contributed by atoms with Gasteiger partial charge in [0.25, 0.3) is 5.91 Å². The van der Waals surface area contributed by atoms with Crippen LogP contribution in [0.15, 0.2) is 24.7 Å². The molecule has 0 bridgehead atoms. The summed E-state index contributed by atoms with van der Waals surface area (Å²) >= 11 is 0. The quantitative estimate of drug-likeness (QED) is 0.860. The minimum atomic E-state index is -0.0973. The minimum absolute atomic E-state index is 0.0973. The Bertz CT molecular complexity index is 589. The second kappa shape index (κ2) is 5.28. The van der Waals surface area contributed by atoms with Crippen LogP contribution in [0, 0.1) is 6.92 Å². The predicted octanol–water partition coefficient (Wildman–Crippen LogP) is 0.471. The predicted molar refractivity (Wildman–Crippen MR) is 73.5 cm³/mol. The van der Waals surface area contributed by atoms with Crippen LogP contribution in [0.5, 0.6) is 0 Å². The lowest BCUT2D eigenvalue weighted by Crippen LogP contribution is -2.49. The van der Waals surface area contributed by atoms with Gasteiger partial charge >= 0.3 is 0 Å². The van der Waals surface area contributed by atoms with Crippen LogP contribution in [0.4, 0.5) is 5.82 Å². The third kappa shape index (κ3) is 2.34. The standard InChI is InChI=1S/C13H16N6O/c1-10-3-2-4-14-12(10)18-5-7-19(8-6-18)13(20)11-15-9-16-17-11/h2-4,9H,5-8H2,1H3,(H,15,16,17). The highest BCUT2D eigenvalue weighted by atomic mass is 16.2. The molecule has 1 N–H and O–H groups in total. The number of aryl methyl sites for hydroxylation is 1. The number of nitrogens with zero attached hydrogens (tertiary/aromatic N) is 5. The van der Waals surface area contributed by atoms with E-state index in [1.54, 1.807) is 11.1 Å². The Morgan fingerprint density at radius 1 is 1.25 bits per heavy atom. The molecule has 0 atom stereocenters. The SMILES string of the molecule is Cc1cccnc1N1CCN(C(=O)c2ncn[nH]2)CC1. The molecule has 1 saturated heterocycles. The maximum atomic E-state index is 12.1. The van der Waals surface area contributed by atoms with E-state index in [1.165, 1.54) is 6.33 Å². The second-order valence-corrected chi connectivity index (χ2v) is 4.76. The zero-order valence-corrected chi connectivity index (χ0v) is 11.3. The lowest BCUT2D eigenvalue weighted by Gasteiger charge is -2.35. The Labute approximate surface area is 116 Å². The van der Waals surface area contributed by atoms with Crippen LogP contribution in [0.1, 0.15) is 16.2 Å². The van der Waals surface area contributed by atoms with Crippen LogP contribution in [0.2, 0.25) is 0 Å². The van der Waals surface area contributed by atoms with Gasteiger partial charge in [0.05, 0.1) is 0 Å². The first-order valence-corrected chi connectivity index (χ1v) is 6.57. The summed E-state index contributed by atoms with van der Waals surface area (Å²) in [7, 11) is 0. The lowest BCUT2D eigenvalue weighted by molar-refractivity contribution is 0.0734. The van der Waals surface area contributed by atoms with Crippen LogP contribution >= 0.6 is 0 Å². The van der Waals surface area contributed by atoms with Gasteiger partial charge in [0.15, 0.2) is 0 Å². The number of hydrogen-bond acceptors (Lipinski definition) is 5. The number of pyridine rings is 1. The Hall–Kier alpha value is -2.44. The molecule has 0 aliphatic carbocycles. The summed E-state index contributed by atoms with van der Waals surface area (Å²) in [5, 5.41) is 6.32. The van der Waals surface area contributed by atoms with Gasteiger partial charge in [0.1, 0.15) is 12.1 Å². The summed E-state index contributed by atoms with van der Waals surface area (Å²) in [6.45, 7) is 4.93. The fourth-order valence-electron chi connectivity index (χ4n) is 2.39. The second-order valence-electron chi connectivity index (χ2n) is 4.76. The zero-order valence-electron chi connectivity index (χ0n) is 11.3. The number of anilines is 1. The molecule has 7 nitrogen and oxygen atoms in total. The zero-order chi connectivity index (χ0) is 13.9. The van der Waals surface area contributed by atoms with E-state index in [4.69, 9.17) is 0 Å². The smallest absolute Gasteiger partial charge is 0.291 e. The molecule has 104 valence electrons. The molecule has 20 heavy (non-hydrogen) atoms. The molecular weight excluding hydrogens is 256 g/mol. The van der Waals surface area contributed by atoms with Crippen LogP contribution in [-0.4, -0.2) is 57.2 Å². The molecular formula is C13H16N6O. The van der Waals surface area contributed by atoms with E-state index >= 15 is 0 Å². The number of aromatic nitrogens is 4. The summed E-state index contributed by atoms with van der Waals surface area (Å²) < 4.78 is 0. The number of piperazine rings is 1. The van der Waals surface area contributed by atoms with Crippen LogP contribution in [-0.2, 0) is 0 Å². The lowest BCUT2D eigenvalue weighted by atomic mass is 10.2. The number of carbonyl (C=O) groups excluding carboxylic acids is 1. The molecule has 1 aliphatic rings. The van der Waals surface area contributed by atoms with Crippen LogP contribution < -0.4 is 4.90 Å². The summed E-state index contributed by atoms with van der Waals surface area (Å²) in [6, 6.07) is 3.98. The van der Waals surface area contributed by atoms with Crippen LogP contribution in [0.3, 0.4) is 0 Å².